The van der Waals surface area contributed by atoms with Gasteiger partial charge in [0.1, 0.15) is 17.3 Å². The number of ether oxygens (including phenoxy) is 1. The van der Waals surface area contributed by atoms with Crippen molar-refractivity contribution in [2.45, 2.75) is 0 Å². The average Bonchev–Trinajstić information content (AvgIpc) is 2.91. The highest BCUT2D eigenvalue weighted by atomic mass is 32.2. The Morgan fingerprint density at radius 3 is 2.75 bits per heavy atom. The number of carbonyl (C=O) groups is 2. The molecular weight excluding hydrogens is 388 g/mol. The zero-order chi connectivity index (χ0) is 20.3. The number of amidine groups is 1. The van der Waals surface area contributed by atoms with E-state index in [1.54, 1.807) is 30.3 Å². The lowest BCUT2D eigenvalue weighted by atomic mass is 10.2. The lowest BCUT2D eigenvalue weighted by Crippen LogP contribution is -2.23. The number of para-hydroxylation sites is 1. The number of nitrogens with zero attached hydrogens (tertiary/aromatic N) is 2. The number of thioether (sulfide) groups is 1. The predicted molar refractivity (Wildman–Crippen MR) is 103 cm³/mol. The summed E-state index contributed by atoms with van der Waals surface area (Å²) in [6.45, 7) is -0.294. The van der Waals surface area contributed by atoms with E-state index in [4.69, 9.17) is 10.5 Å². The van der Waals surface area contributed by atoms with Crippen LogP contribution in [0.2, 0.25) is 0 Å². The molecule has 1 saturated heterocycles. The molecule has 1 fully saturated rings. The zero-order valence-electron chi connectivity index (χ0n) is 14.7. The number of rotatable bonds is 5. The molecule has 28 heavy (non-hydrogen) atoms. The third-order valence-corrected chi connectivity index (χ3v) is 4.77. The summed E-state index contributed by atoms with van der Waals surface area (Å²) in [5.41, 5.74) is 5.59. The summed E-state index contributed by atoms with van der Waals surface area (Å²) < 4.78 is 32.2. The molecule has 3 rings (SSSR count). The number of primary amides is 1. The Bertz CT molecular complexity index is 1010. The summed E-state index contributed by atoms with van der Waals surface area (Å²) in [6, 6.07) is 9.85. The van der Waals surface area contributed by atoms with Crippen LogP contribution in [0.4, 0.5) is 14.5 Å². The van der Waals surface area contributed by atoms with E-state index < -0.39 is 17.5 Å². The third kappa shape index (κ3) is 4.37. The Morgan fingerprint density at radius 2 is 2.04 bits per heavy atom. The summed E-state index contributed by atoms with van der Waals surface area (Å²) in [6.07, 6.45) is 1.59. The van der Waals surface area contributed by atoms with Crippen molar-refractivity contribution >= 4 is 40.5 Å². The van der Waals surface area contributed by atoms with Gasteiger partial charge in [0, 0.05) is 18.7 Å². The van der Waals surface area contributed by atoms with E-state index in [1.165, 1.54) is 18.0 Å². The van der Waals surface area contributed by atoms with Gasteiger partial charge in [0.15, 0.2) is 17.6 Å². The Morgan fingerprint density at radius 1 is 1.29 bits per heavy atom. The van der Waals surface area contributed by atoms with Gasteiger partial charge in [-0.25, -0.2) is 13.8 Å². The zero-order valence-corrected chi connectivity index (χ0v) is 15.5. The quantitative estimate of drug-likeness (QED) is 0.778. The van der Waals surface area contributed by atoms with E-state index in [-0.39, 0.29) is 23.4 Å². The smallest absolute Gasteiger partial charge is 0.266 e. The van der Waals surface area contributed by atoms with Gasteiger partial charge in [-0.3, -0.25) is 14.5 Å². The Labute approximate surface area is 163 Å². The van der Waals surface area contributed by atoms with Crippen LogP contribution in [0.25, 0.3) is 6.08 Å². The van der Waals surface area contributed by atoms with Crippen LogP contribution in [-0.2, 0) is 9.59 Å². The summed E-state index contributed by atoms with van der Waals surface area (Å²) in [4.78, 5) is 29.2. The van der Waals surface area contributed by atoms with E-state index in [0.717, 1.165) is 23.9 Å². The van der Waals surface area contributed by atoms with Crippen molar-refractivity contribution in [3.8, 4) is 5.75 Å². The summed E-state index contributed by atoms with van der Waals surface area (Å²) in [5, 5.41) is 0.247. The molecule has 2 aromatic rings. The van der Waals surface area contributed by atoms with Crippen molar-refractivity contribution in [3.63, 3.8) is 0 Å². The van der Waals surface area contributed by atoms with Crippen LogP contribution >= 0.6 is 11.8 Å². The first-order valence-electron chi connectivity index (χ1n) is 8.06. The topological polar surface area (TPSA) is 85.0 Å². The molecule has 1 aliphatic rings. The van der Waals surface area contributed by atoms with Crippen molar-refractivity contribution in [2.24, 2.45) is 10.7 Å². The van der Waals surface area contributed by atoms with Gasteiger partial charge in [0.2, 0.25) is 0 Å². The second kappa shape index (κ2) is 8.22. The highest BCUT2D eigenvalue weighted by molar-refractivity contribution is 8.18. The Balaban J connectivity index is 1.90. The van der Waals surface area contributed by atoms with Crippen LogP contribution in [0.15, 0.2) is 52.4 Å². The molecule has 0 unspecified atom stereocenters. The average molecular weight is 403 g/mol. The molecule has 0 bridgehead atoms. The molecule has 0 aromatic heterocycles. The van der Waals surface area contributed by atoms with Gasteiger partial charge in [0.05, 0.1) is 4.91 Å². The van der Waals surface area contributed by atoms with E-state index in [9.17, 15) is 18.4 Å². The number of nitrogens with two attached hydrogens (primary N) is 1. The molecule has 0 atom stereocenters. The number of benzene rings is 2. The van der Waals surface area contributed by atoms with E-state index in [0.29, 0.717) is 16.2 Å². The van der Waals surface area contributed by atoms with Crippen molar-refractivity contribution < 1.29 is 23.1 Å². The number of carbonyl (C=O) groups excluding carboxylic acids is 2. The fourth-order valence-electron chi connectivity index (χ4n) is 2.35. The molecule has 0 aliphatic carbocycles. The number of halogens is 2. The SMILES string of the molecule is CN1C(=O)/C(=C\c2ccccc2OCC(N)=O)SC1=Nc1ccc(F)cc1F. The van der Waals surface area contributed by atoms with Crippen LogP contribution < -0.4 is 10.5 Å². The van der Waals surface area contributed by atoms with Crippen LogP contribution in [0, 0.1) is 11.6 Å². The standard InChI is InChI=1S/C19H15F2N3O3S/c1-24-18(26)16(8-11-4-2-3-5-15(11)27-10-17(22)25)28-19(24)23-14-7-6-12(20)9-13(14)21/h2-9H,10H2,1H3,(H2,22,25)/b16-8+,23-19?. The van der Waals surface area contributed by atoms with Crippen molar-refractivity contribution in [1.82, 2.24) is 4.90 Å². The second-order valence-corrected chi connectivity index (χ2v) is 6.77. The van der Waals surface area contributed by atoms with Gasteiger partial charge >= 0.3 is 0 Å². The van der Waals surface area contributed by atoms with Gasteiger partial charge in [-0.15, -0.1) is 0 Å². The number of aliphatic imine (C=N–C) groups is 1. The van der Waals surface area contributed by atoms with Crippen LogP contribution in [0.5, 0.6) is 5.75 Å². The highest BCUT2D eigenvalue weighted by Crippen LogP contribution is 2.35. The van der Waals surface area contributed by atoms with E-state index in [2.05, 4.69) is 4.99 Å². The minimum absolute atomic E-state index is 0.0741. The lowest BCUT2D eigenvalue weighted by Gasteiger charge is -2.08. The second-order valence-electron chi connectivity index (χ2n) is 5.76. The molecule has 1 heterocycles. The van der Waals surface area contributed by atoms with Gasteiger partial charge in [-0.2, -0.15) is 0 Å². The third-order valence-electron chi connectivity index (χ3n) is 3.70. The monoisotopic (exact) mass is 403 g/mol. The lowest BCUT2D eigenvalue weighted by molar-refractivity contribution is -0.121. The minimum Gasteiger partial charge on any atom is -0.483 e. The summed E-state index contributed by atoms with van der Waals surface area (Å²) in [5.74, 6) is -2.10. The minimum atomic E-state index is -0.823. The van der Waals surface area contributed by atoms with Crippen LogP contribution in [0.3, 0.4) is 0 Å². The van der Waals surface area contributed by atoms with E-state index in [1.807, 2.05) is 0 Å². The van der Waals surface area contributed by atoms with Gasteiger partial charge in [-0.1, -0.05) is 18.2 Å². The number of hydrogen-bond acceptors (Lipinski definition) is 5. The number of likely N-dealkylation sites (N-methyl/N-ethyl adjacent to an activating group) is 1. The molecule has 2 aromatic carbocycles. The van der Waals surface area contributed by atoms with Gasteiger partial charge in [0.25, 0.3) is 11.8 Å². The Hall–Kier alpha value is -3.20. The maximum atomic E-state index is 13.8. The fraction of sp³-hybridized carbons (Fsp3) is 0.105. The number of amides is 2. The normalized spacial score (nSPS) is 16.8. The first-order chi connectivity index (χ1) is 13.3. The Kier molecular flexibility index (Phi) is 5.74. The largest absolute Gasteiger partial charge is 0.483 e. The molecule has 1 aliphatic heterocycles. The summed E-state index contributed by atoms with van der Waals surface area (Å²) >= 11 is 1.04. The molecule has 0 radical (unpaired) electrons. The molecule has 2 N–H and O–H groups in total. The van der Waals surface area contributed by atoms with Crippen molar-refractivity contribution in [3.05, 3.63) is 64.6 Å². The molecule has 144 valence electrons. The maximum absolute atomic E-state index is 13.8. The van der Waals surface area contributed by atoms with Gasteiger partial charge in [-0.05, 0) is 36.0 Å². The van der Waals surface area contributed by atoms with Crippen LogP contribution in [-0.4, -0.2) is 35.5 Å². The number of hydrogen-bond donors (Lipinski definition) is 1. The van der Waals surface area contributed by atoms with E-state index >= 15 is 0 Å². The van der Waals surface area contributed by atoms with Crippen LogP contribution in [0.1, 0.15) is 5.56 Å². The van der Waals surface area contributed by atoms with Crippen molar-refractivity contribution in [1.29, 1.82) is 0 Å². The molecular formula is C19H15F2N3O3S. The first kappa shape index (κ1) is 19.6. The molecule has 0 spiro atoms. The maximum Gasteiger partial charge on any atom is 0.266 e. The fourth-order valence-corrected chi connectivity index (χ4v) is 3.32. The molecule has 9 heteroatoms. The molecule has 6 nitrogen and oxygen atoms in total. The first-order valence-corrected chi connectivity index (χ1v) is 8.88. The summed E-state index contributed by atoms with van der Waals surface area (Å²) in [7, 11) is 1.51. The highest BCUT2D eigenvalue weighted by Gasteiger charge is 2.31. The molecule has 0 saturated carbocycles. The predicted octanol–water partition coefficient (Wildman–Crippen LogP) is 3.06. The molecule has 2 amide bonds. The van der Waals surface area contributed by atoms with Gasteiger partial charge < -0.3 is 10.5 Å². The van der Waals surface area contributed by atoms with Crippen molar-refractivity contribution in [2.75, 3.05) is 13.7 Å².